The quantitative estimate of drug-likeness (QED) is 0.928. The Bertz CT molecular complexity index is 653. The maximum atomic E-state index is 11.5. The van der Waals surface area contributed by atoms with Crippen LogP contribution < -0.4 is 11.5 Å². The van der Waals surface area contributed by atoms with Crippen LogP contribution in [0.5, 0.6) is 0 Å². The number of hydrogen-bond acceptors (Lipinski definition) is 4. The minimum Gasteiger partial charge on any atom is -0.408 e. The lowest BCUT2D eigenvalue weighted by molar-refractivity contribution is 0.101. The topological polar surface area (TPSA) is 70.4 Å². The van der Waals surface area contributed by atoms with Crippen molar-refractivity contribution in [3.05, 3.63) is 34.3 Å². The van der Waals surface area contributed by atoms with Gasteiger partial charge in [-0.3, -0.25) is 4.57 Å². The standard InChI is InChI=1S/C15H20N2O3/c1-17-13-7-4-10(9-14(13)20-15(17)18)12(16)6-5-11-3-2-8-19-11/h4,7,9,11-12H,2-3,5-6,8,16H2,1H3. The van der Waals surface area contributed by atoms with Gasteiger partial charge < -0.3 is 14.9 Å². The molecule has 1 aromatic carbocycles. The van der Waals surface area contributed by atoms with Gasteiger partial charge in [0.25, 0.3) is 0 Å². The highest BCUT2D eigenvalue weighted by atomic mass is 16.5. The minimum absolute atomic E-state index is 0.0471. The third kappa shape index (κ3) is 2.51. The summed E-state index contributed by atoms with van der Waals surface area (Å²) < 4.78 is 12.3. The van der Waals surface area contributed by atoms with Crippen molar-refractivity contribution in [2.24, 2.45) is 12.8 Å². The van der Waals surface area contributed by atoms with Gasteiger partial charge in [-0.05, 0) is 43.4 Å². The summed E-state index contributed by atoms with van der Waals surface area (Å²) in [6.07, 6.45) is 4.52. The molecule has 1 saturated heterocycles. The number of fused-ring (bicyclic) bond motifs is 1. The van der Waals surface area contributed by atoms with Crippen molar-refractivity contribution < 1.29 is 9.15 Å². The fourth-order valence-electron chi connectivity index (χ4n) is 2.79. The SMILES string of the molecule is Cn1c(=O)oc2cc(C(N)CCC3CCCO3)ccc21. The van der Waals surface area contributed by atoms with Gasteiger partial charge in [-0.1, -0.05) is 6.07 Å². The maximum absolute atomic E-state index is 11.5. The second-order valence-corrected chi connectivity index (χ2v) is 5.47. The molecule has 5 heteroatoms. The molecule has 0 saturated carbocycles. The van der Waals surface area contributed by atoms with E-state index in [1.54, 1.807) is 7.05 Å². The van der Waals surface area contributed by atoms with Crippen LogP contribution in [0.2, 0.25) is 0 Å². The van der Waals surface area contributed by atoms with Crippen molar-refractivity contribution in [1.29, 1.82) is 0 Å². The van der Waals surface area contributed by atoms with E-state index in [-0.39, 0.29) is 11.8 Å². The number of aromatic nitrogens is 1. The Hall–Kier alpha value is -1.59. The fraction of sp³-hybridized carbons (Fsp3) is 0.533. The molecule has 3 rings (SSSR count). The maximum Gasteiger partial charge on any atom is 0.419 e. The average Bonchev–Trinajstić information content (AvgIpc) is 3.05. The van der Waals surface area contributed by atoms with Crippen LogP contribution in [0.1, 0.15) is 37.3 Å². The lowest BCUT2D eigenvalue weighted by Gasteiger charge is -2.15. The predicted molar refractivity (Wildman–Crippen MR) is 76.6 cm³/mol. The van der Waals surface area contributed by atoms with E-state index >= 15 is 0 Å². The van der Waals surface area contributed by atoms with Gasteiger partial charge in [0.1, 0.15) is 0 Å². The smallest absolute Gasteiger partial charge is 0.408 e. The highest BCUT2D eigenvalue weighted by Crippen LogP contribution is 2.24. The molecule has 20 heavy (non-hydrogen) atoms. The summed E-state index contributed by atoms with van der Waals surface area (Å²) >= 11 is 0. The van der Waals surface area contributed by atoms with Gasteiger partial charge in [0.2, 0.25) is 0 Å². The Kier molecular flexibility index (Phi) is 3.63. The number of nitrogens with two attached hydrogens (primary N) is 1. The van der Waals surface area contributed by atoms with Gasteiger partial charge >= 0.3 is 5.76 Å². The zero-order valence-corrected chi connectivity index (χ0v) is 11.7. The van der Waals surface area contributed by atoms with E-state index in [4.69, 9.17) is 14.9 Å². The van der Waals surface area contributed by atoms with E-state index < -0.39 is 0 Å². The highest BCUT2D eigenvalue weighted by Gasteiger charge is 2.17. The van der Waals surface area contributed by atoms with Gasteiger partial charge in [-0.25, -0.2) is 4.79 Å². The van der Waals surface area contributed by atoms with Crippen LogP contribution in [0.15, 0.2) is 27.4 Å². The van der Waals surface area contributed by atoms with E-state index in [0.717, 1.165) is 43.4 Å². The number of oxazole rings is 1. The number of rotatable bonds is 4. The molecule has 5 nitrogen and oxygen atoms in total. The third-order valence-corrected chi connectivity index (χ3v) is 4.07. The Morgan fingerprint density at radius 2 is 2.35 bits per heavy atom. The third-order valence-electron chi connectivity index (χ3n) is 4.07. The number of nitrogens with zero attached hydrogens (tertiary/aromatic N) is 1. The minimum atomic E-state index is -0.343. The first kappa shape index (κ1) is 13.4. The summed E-state index contributed by atoms with van der Waals surface area (Å²) in [5.74, 6) is -0.343. The number of ether oxygens (including phenoxy) is 1. The van der Waals surface area contributed by atoms with Crippen molar-refractivity contribution in [3.63, 3.8) is 0 Å². The molecule has 0 spiro atoms. The second-order valence-electron chi connectivity index (χ2n) is 5.47. The number of benzene rings is 1. The Morgan fingerprint density at radius 1 is 1.50 bits per heavy atom. The predicted octanol–water partition coefficient (Wildman–Crippen LogP) is 2.09. The molecule has 1 aliphatic heterocycles. The van der Waals surface area contributed by atoms with Crippen molar-refractivity contribution >= 4 is 11.1 Å². The molecule has 0 bridgehead atoms. The summed E-state index contributed by atoms with van der Waals surface area (Å²) in [6, 6.07) is 5.68. The molecular formula is C15H20N2O3. The molecule has 2 heterocycles. The molecule has 1 aliphatic rings. The Balaban J connectivity index is 1.73. The van der Waals surface area contributed by atoms with Gasteiger partial charge in [0, 0.05) is 19.7 Å². The van der Waals surface area contributed by atoms with Crippen LogP contribution in [0.3, 0.4) is 0 Å². The Morgan fingerprint density at radius 3 is 3.10 bits per heavy atom. The van der Waals surface area contributed by atoms with Crippen LogP contribution in [0.25, 0.3) is 11.1 Å². The summed E-state index contributed by atoms with van der Waals surface area (Å²) in [4.78, 5) is 11.5. The average molecular weight is 276 g/mol. The molecule has 108 valence electrons. The van der Waals surface area contributed by atoms with Crippen LogP contribution in [-0.2, 0) is 11.8 Å². The first-order valence-corrected chi connectivity index (χ1v) is 7.12. The van der Waals surface area contributed by atoms with Crippen LogP contribution in [-0.4, -0.2) is 17.3 Å². The lowest BCUT2D eigenvalue weighted by atomic mass is 10.00. The van der Waals surface area contributed by atoms with Crippen LogP contribution in [0.4, 0.5) is 0 Å². The molecule has 2 aromatic rings. The summed E-state index contributed by atoms with van der Waals surface area (Å²) in [5, 5.41) is 0. The van der Waals surface area contributed by atoms with Crippen molar-refractivity contribution in [2.45, 2.75) is 37.8 Å². The van der Waals surface area contributed by atoms with Crippen LogP contribution in [0, 0.1) is 0 Å². The largest absolute Gasteiger partial charge is 0.419 e. The molecular weight excluding hydrogens is 256 g/mol. The van der Waals surface area contributed by atoms with Gasteiger partial charge in [-0.2, -0.15) is 0 Å². The van der Waals surface area contributed by atoms with Crippen molar-refractivity contribution in [3.8, 4) is 0 Å². The fourth-order valence-corrected chi connectivity index (χ4v) is 2.79. The molecule has 2 atom stereocenters. The second kappa shape index (κ2) is 5.42. The first-order chi connectivity index (χ1) is 9.65. The first-order valence-electron chi connectivity index (χ1n) is 7.12. The molecule has 2 unspecified atom stereocenters. The number of hydrogen-bond donors (Lipinski definition) is 1. The van der Waals surface area contributed by atoms with E-state index in [9.17, 15) is 4.79 Å². The monoisotopic (exact) mass is 276 g/mol. The van der Waals surface area contributed by atoms with E-state index in [2.05, 4.69) is 0 Å². The summed E-state index contributed by atoms with van der Waals surface area (Å²) in [6.45, 7) is 0.876. The van der Waals surface area contributed by atoms with Gasteiger partial charge in [-0.15, -0.1) is 0 Å². The zero-order valence-electron chi connectivity index (χ0n) is 11.7. The highest BCUT2D eigenvalue weighted by molar-refractivity contribution is 5.73. The molecule has 0 amide bonds. The van der Waals surface area contributed by atoms with Crippen molar-refractivity contribution in [1.82, 2.24) is 4.57 Å². The Labute approximate surface area is 117 Å². The lowest BCUT2D eigenvalue weighted by Crippen LogP contribution is -2.14. The van der Waals surface area contributed by atoms with Crippen molar-refractivity contribution in [2.75, 3.05) is 6.61 Å². The van der Waals surface area contributed by atoms with Gasteiger partial charge in [0.05, 0.1) is 11.6 Å². The number of aryl methyl sites for hydroxylation is 1. The molecule has 2 N–H and O–H groups in total. The van der Waals surface area contributed by atoms with E-state index in [1.165, 1.54) is 4.57 Å². The normalized spacial score (nSPS) is 20.6. The molecule has 0 radical (unpaired) electrons. The van der Waals surface area contributed by atoms with Crippen LogP contribution >= 0.6 is 0 Å². The molecule has 1 aromatic heterocycles. The summed E-state index contributed by atoms with van der Waals surface area (Å²) in [5.41, 5.74) is 8.63. The molecule has 0 aliphatic carbocycles. The summed E-state index contributed by atoms with van der Waals surface area (Å²) in [7, 11) is 1.70. The van der Waals surface area contributed by atoms with E-state index in [0.29, 0.717) is 11.7 Å². The zero-order chi connectivity index (χ0) is 14.1. The molecule has 1 fully saturated rings. The van der Waals surface area contributed by atoms with E-state index in [1.807, 2.05) is 18.2 Å². The van der Waals surface area contributed by atoms with Gasteiger partial charge in [0.15, 0.2) is 5.58 Å².